The predicted molar refractivity (Wildman–Crippen MR) is 150 cm³/mol. The fourth-order valence-corrected chi connectivity index (χ4v) is 6.01. The number of morpholine rings is 1. The monoisotopic (exact) mass is 535 g/mol. The highest BCUT2D eigenvalue weighted by Crippen LogP contribution is 2.34. The zero-order chi connectivity index (χ0) is 26.6. The number of imidazole rings is 1. The number of H-pyrrole nitrogens is 2. The third kappa shape index (κ3) is 5.73. The van der Waals surface area contributed by atoms with Crippen molar-refractivity contribution >= 4 is 40.2 Å². The summed E-state index contributed by atoms with van der Waals surface area (Å²) >= 11 is 0. The van der Waals surface area contributed by atoms with E-state index in [0.29, 0.717) is 38.3 Å². The van der Waals surface area contributed by atoms with Gasteiger partial charge in [0.2, 0.25) is 11.4 Å². The largest absolute Gasteiger partial charge is 0.494 e. The highest BCUT2D eigenvalue weighted by atomic mass is 16.5. The van der Waals surface area contributed by atoms with Crippen LogP contribution in [0.2, 0.25) is 0 Å². The second-order valence-corrected chi connectivity index (χ2v) is 10.7. The molecule has 11 nitrogen and oxygen atoms in total. The first kappa shape index (κ1) is 25.7. The Hall–Kier alpha value is -3.60. The minimum atomic E-state index is 0.0934. The van der Waals surface area contributed by atoms with Crippen molar-refractivity contribution in [2.24, 2.45) is 5.92 Å². The fourth-order valence-electron chi connectivity index (χ4n) is 6.01. The second-order valence-electron chi connectivity index (χ2n) is 10.7. The average Bonchev–Trinajstić information content (AvgIpc) is 3.47. The summed E-state index contributed by atoms with van der Waals surface area (Å²) in [5, 5.41) is 7.01. The normalized spacial score (nSPS) is 19.3. The highest BCUT2D eigenvalue weighted by molar-refractivity contribution is 5.82. The van der Waals surface area contributed by atoms with Gasteiger partial charge in [-0.1, -0.05) is 24.2 Å². The van der Waals surface area contributed by atoms with E-state index >= 15 is 0 Å². The smallest absolute Gasteiger partial charge is 0.307 e. The van der Waals surface area contributed by atoms with Gasteiger partial charge in [0.05, 0.1) is 26.0 Å². The predicted octanol–water partition coefficient (Wildman–Crippen LogP) is 3.34. The number of aromatic nitrogens is 4. The molecule has 3 fully saturated rings. The van der Waals surface area contributed by atoms with Gasteiger partial charge in [-0.25, -0.2) is 4.98 Å². The first-order chi connectivity index (χ1) is 19.2. The number of carbonyl (C=O) groups excluding carboxylic acids is 1. The quantitative estimate of drug-likeness (QED) is 0.421. The number of fused-ring (bicyclic) bond motifs is 1. The molecular weight excluding hydrogens is 496 g/mol. The van der Waals surface area contributed by atoms with E-state index in [-0.39, 0.29) is 11.8 Å². The van der Waals surface area contributed by atoms with Crippen LogP contribution in [0.4, 0.5) is 23.1 Å². The van der Waals surface area contributed by atoms with Crippen LogP contribution in [0.1, 0.15) is 44.9 Å². The number of nitrogens with one attached hydrogen (secondary N) is 4. The third-order valence-electron chi connectivity index (χ3n) is 8.24. The molecule has 11 heteroatoms. The van der Waals surface area contributed by atoms with Crippen LogP contribution < -0.4 is 25.3 Å². The Balaban J connectivity index is 1.14. The maximum atomic E-state index is 12.9. The number of rotatable bonds is 7. The molecule has 0 spiro atoms. The number of anilines is 4. The van der Waals surface area contributed by atoms with Crippen LogP contribution in [0.5, 0.6) is 5.75 Å². The molecule has 2 aromatic heterocycles. The molecule has 0 bridgehead atoms. The van der Waals surface area contributed by atoms with Gasteiger partial charge in [-0.05, 0) is 37.8 Å². The molecule has 3 aromatic rings. The number of benzene rings is 1. The summed E-state index contributed by atoms with van der Waals surface area (Å²) in [4.78, 5) is 33.1. The molecule has 1 amide bonds. The molecule has 4 N–H and O–H groups in total. The van der Waals surface area contributed by atoms with Gasteiger partial charge in [0, 0.05) is 49.9 Å². The van der Waals surface area contributed by atoms with Gasteiger partial charge in [-0.3, -0.25) is 9.78 Å². The van der Waals surface area contributed by atoms with E-state index in [1.54, 1.807) is 13.4 Å². The van der Waals surface area contributed by atoms with E-state index in [0.717, 1.165) is 72.9 Å². The Kier molecular flexibility index (Phi) is 7.67. The molecule has 2 saturated heterocycles. The Labute approximate surface area is 228 Å². The third-order valence-corrected chi connectivity index (χ3v) is 8.24. The van der Waals surface area contributed by atoms with Gasteiger partial charge in [0.25, 0.3) is 0 Å². The lowest BCUT2D eigenvalue weighted by Crippen LogP contribution is -2.46. The summed E-state index contributed by atoms with van der Waals surface area (Å²) in [5.74, 6) is 2.41. The van der Waals surface area contributed by atoms with Gasteiger partial charge >= 0.3 is 11.6 Å². The molecule has 39 heavy (non-hydrogen) atoms. The SMILES string of the molecule is COc1cc(N2CCC(C(=O)N3CCOCC3)CC2)ccc1Nc1nc(NC2CCCCC2)c2[nH]c[nH+]c2n1. The van der Waals surface area contributed by atoms with Crippen LogP contribution in [-0.4, -0.2) is 78.3 Å². The Morgan fingerprint density at radius 3 is 2.64 bits per heavy atom. The number of hydrogen-bond donors (Lipinski definition) is 3. The molecule has 4 heterocycles. The number of piperidine rings is 1. The van der Waals surface area contributed by atoms with Crippen molar-refractivity contribution in [3.8, 4) is 5.75 Å². The number of amides is 1. The number of hydrogen-bond acceptors (Lipinski definition) is 8. The zero-order valence-corrected chi connectivity index (χ0v) is 22.7. The molecule has 6 rings (SSSR count). The van der Waals surface area contributed by atoms with Gasteiger partial charge < -0.3 is 29.9 Å². The minimum Gasteiger partial charge on any atom is -0.494 e. The maximum absolute atomic E-state index is 12.9. The lowest BCUT2D eigenvalue weighted by molar-refractivity contribution is -0.347. The van der Waals surface area contributed by atoms with Gasteiger partial charge in [-0.2, -0.15) is 4.98 Å². The fraction of sp³-hybridized carbons (Fsp3) is 0.571. The Morgan fingerprint density at radius 2 is 1.87 bits per heavy atom. The van der Waals surface area contributed by atoms with Crippen molar-refractivity contribution in [1.29, 1.82) is 0 Å². The van der Waals surface area contributed by atoms with Crippen LogP contribution in [0, 0.1) is 5.92 Å². The van der Waals surface area contributed by atoms with Crippen LogP contribution in [0.3, 0.4) is 0 Å². The molecule has 0 atom stereocenters. The molecule has 0 radical (unpaired) electrons. The van der Waals surface area contributed by atoms with Crippen molar-refractivity contribution in [2.75, 3.05) is 62.0 Å². The van der Waals surface area contributed by atoms with E-state index in [1.165, 1.54) is 19.3 Å². The molecule has 1 aliphatic carbocycles. The van der Waals surface area contributed by atoms with Crippen molar-refractivity contribution in [2.45, 2.75) is 51.0 Å². The highest BCUT2D eigenvalue weighted by Gasteiger charge is 2.30. The molecule has 3 aliphatic rings. The number of methoxy groups -OCH3 is 1. The van der Waals surface area contributed by atoms with Crippen LogP contribution in [-0.2, 0) is 9.53 Å². The summed E-state index contributed by atoms with van der Waals surface area (Å²) in [7, 11) is 1.68. The maximum Gasteiger partial charge on any atom is 0.307 e. The van der Waals surface area contributed by atoms with E-state index in [2.05, 4.69) is 42.6 Å². The topological polar surface area (TPSA) is 122 Å². The van der Waals surface area contributed by atoms with Crippen LogP contribution in [0.25, 0.3) is 11.2 Å². The van der Waals surface area contributed by atoms with Gasteiger partial charge in [0.15, 0.2) is 12.1 Å². The average molecular weight is 536 g/mol. The number of aromatic amines is 2. The molecule has 1 aromatic carbocycles. The van der Waals surface area contributed by atoms with Crippen LogP contribution in [0.15, 0.2) is 24.5 Å². The molecule has 2 aliphatic heterocycles. The van der Waals surface area contributed by atoms with Crippen LogP contribution >= 0.6 is 0 Å². The number of ether oxygens (including phenoxy) is 2. The molecular formula is C28H39N8O3+. The number of carbonyl (C=O) groups is 1. The molecule has 0 unspecified atom stereocenters. The second kappa shape index (κ2) is 11.6. The summed E-state index contributed by atoms with van der Waals surface area (Å²) < 4.78 is 11.2. The lowest BCUT2D eigenvalue weighted by Gasteiger charge is -2.36. The van der Waals surface area contributed by atoms with E-state index < -0.39 is 0 Å². The van der Waals surface area contributed by atoms with Crippen molar-refractivity contribution in [1.82, 2.24) is 19.9 Å². The summed E-state index contributed by atoms with van der Waals surface area (Å²) in [6.45, 7) is 4.39. The Bertz CT molecular complexity index is 1280. The standard InChI is InChI=1S/C28H38N8O3/c1-38-23-17-21(35-11-9-19(10-12-35)27(37)36-13-15-39-16-14-36)7-8-22(23)32-28-33-25-24(29-18-30-25)26(34-28)31-20-5-3-2-4-6-20/h7-8,17-20H,2-6,9-16H2,1H3,(H3,29,30,31,32,33,34)/p+1. The summed E-state index contributed by atoms with van der Waals surface area (Å²) in [5.41, 5.74) is 3.52. The molecule has 208 valence electrons. The van der Waals surface area contributed by atoms with Crippen molar-refractivity contribution in [3.63, 3.8) is 0 Å². The Morgan fingerprint density at radius 1 is 1.08 bits per heavy atom. The van der Waals surface area contributed by atoms with E-state index in [9.17, 15) is 4.79 Å². The lowest BCUT2D eigenvalue weighted by atomic mass is 9.94. The first-order valence-electron chi connectivity index (χ1n) is 14.3. The summed E-state index contributed by atoms with van der Waals surface area (Å²) in [6.07, 6.45) is 9.62. The van der Waals surface area contributed by atoms with Gasteiger partial charge in [-0.15, -0.1) is 0 Å². The van der Waals surface area contributed by atoms with Gasteiger partial charge in [0.1, 0.15) is 5.75 Å². The van der Waals surface area contributed by atoms with E-state index in [1.807, 2.05) is 11.0 Å². The minimum absolute atomic E-state index is 0.0934. The number of nitrogens with zero attached hydrogens (tertiary/aromatic N) is 4. The van der Waals surface area contributed by atoms with Crippen molar-refractivity contribution < 1.29 is 19.3 Å². The van der Waals surface area contributed by atoms with Crippen molar-refractivity contribution in [3.05, 3.63) is 24.5 Å². The first-order valence-corrected chi connectivity index (χ1v) is 14.3. The van der Waals surface area contributed by atoms with E-state index in [4.69, 9.17) is 14.5 Å². The molecule has 1 saturated carbocycles. The summed E-state index contributed by atoms with van der Waals surface area (Å²) in [6, 6.07) is 6.59. The zero-order valence-electron chi connectivity index (χ0n) is 22.7.